The number of aromatic hydroxyl groups is 1. The van der Waals surface area contributed by atoms with E-state index in [-0.39, 0.29) is 5.75 Å². The Morgan fingerprint density at radius 1 is 1.27 bits per heavy atom. The molecule has 0 saturated heterocycles. The van der Waals surface area contributed by atoms with Crippen LogP contribution in [0.4, 0.5) is 5.69 Å². The highest BCUT2D eigenvalue weighted by molar-refractivity contribution is 5.50. The summed E-state index contributed by atoms with van der Waals surface area (Å²) in [7, 11) is 3.75. The highest BCUT2D eigenvalue weighted by Gasteiger charge is 1.87. The average molecular weight is 154 g/mol. The Morgan fingerprint density at radius 2 is 1.73 bits per heavy atom. The van der Waals surface area contributed by atoms with Gasteiger partial charge in [-0.25, -0.2) is 0 Å². The molecule has 0 aliphatic heterocycles. The highest BCUT2D eigenvalue weighted by Crippen LogP contribution is 2.16. The van der Waals surface area contributed by atoms with Gasteiger partial charge in [0.25, 0.3) is 0 Å². The number of nitrogens with two attached hydrogens (primary N) is 1. The Balaban J connectivity index is 0.000000292. The number of anilines is 1. The molecule has 0 amide bonds. The van der Waals surface area contributed by atoms with Crippen molar-refractivity contribution in [3.63, 3.8) is 0 Å². The minimum Gasteiger partial charge on any atom is -0.506 e. The summed E-state index contributed by atoms with van der Waals surface area (Å²) in [6.07, 6.45) is 0. The number of hydrogen-bond donors (Lipinski definition) is 3. The number of nitrogen functional groups attached to an aromatic ring is 1. The van der Waals surface area contributed by atoms with Gasteiger partial charge in [0, 0.05) is 0 Å². The van der Waals surface area contributed by atoms with Gasteiger partial charge in [-0.05, 0) is 26.2 Å². The van der Waals surface area contributed by atoms with Crippen LogP contribution in [0, 0.1) is 0 Å². The summed E-state index contributed by atoms with van der Waals surface area (Å²) in [5.74, 6) is 0.146. The zero-order valence-electron chi connectivity index (χ0n) is 6.83. The third kappa shape index (κ3) is 4.22. The van der Waals surface area contributed by atoms with Gasteiger partial charge < -0.3 is 16.2 Å². The lowest BCUT2D eigenvalue weighted by molar-refractivity contribution is 0.478. The van der Waals surface area contributed by atoms with Crippen LogP contribution in [0.3, 0.4) is 0 Å². The molecule has 4 N–H and O–H groups in total. The van der Waals surface area contributed by atoms with E-state index in [1.54, 1.807) is 24.3 Å². The number of phenols is 1. The van der Waals surface area contributed by atoms with Gasteiger partial charge in [-0.15, -0.1) is 0 Å². The van der Waals surface area contributed by atoms with Crippen LogP contribution in [0.1, 0.15) is 0 Å². The second-order valence-corrected chi connectivity index (χ2v) is 2.06. The van der Waals surface area contributed by atoms with Crippen molar-refractivity contribution in [3.05, 3.63) is 24.3 Å². The van der Waals surface area contributed by atoms with Crippen LogP contribution in [0.25, 0.3) is 0 Å². The summed E-state index contributed by atoms with van der Waals surface area (Å²) in [5, 5.41) is 11.5. The van der Waals surface area contributed by atoms with E-state index in [9.17, 15) is 0 Å². The minimum atomic E-state index is 0.146. The maximum Gasteiger partial charge on any atom is 0.138 e. The van der Waals surface area contributed by atoms with Crippen LogP contribution in [0.5, 0.6) is 5.75 Å². The van der Waals surface area contributed by atoms with Gasteiger partial charge in [0.2, 0.25) is 0 Å². The summed E-state index contributed by atoms with van der Waals surface area (Å²) in [5.41, 5.74) is 5.69. The van der Waals surface area contributed by atoms with Crippen LogP contribution in [-0.2, 0) is 0 Å². The Kier molecular flexibility index (Phi) is 4.94. The standard InChI is InChI=1S/C6H7NO.C2H7N/c7-5-3-1-2-4-6(5)8;1-3-2/h1-4,8H,7H2;3H,1-2H3. The topological polar surface area (TPSA) is 58.3 Å². The van der Waals surface area contributed by atoms with Crippen molar-refractivity contribution in [2.45, 2.75) is 0 Å². The van der Waals surface area contributed by atoms with Crippen molar-refractivity contribution < 1.29 is 5.11 Å². The molecule has 0 aliphatic carbocycles. The molecule has 0 aromatic heterocycles. The lowest BCUT2D eigenvalue weighted by Gasteiger charge is -1.92. The first-order chi connectivity index (χ1) is 5.22. The van der Waals surface area contributed by atoms with E-state index < -0.39 is 0 Å². The molecule has 62 valence electrons. The number of nitrogens with one attached hydrogen (secondary N) is 1. The molecule has 1 aromatic carbocycles. The molecule has 0 unspecified atom stereocenters. The summed E-state index contributed by atoms with van der Waals surface area (Å²) in [6.45, 7) is 0. The Labute approximate surface area is 66.9 Å². The zero-order valence-corrected chi connectivity index (χ0v) is 6.83. The first-order valence-corrected chi connectivity index (χ1v) is 3.34. The van der Waals surface area contributed by atoms with E-state index in [0.29, 0.717) is 5.69 Å². The molecule has 0 fully saturated rings. The van der Waals surface area contributed by atoms with E-state index in [2.05, 4.69) is 5.32 Å². The number of phenolic OH excluding ortho intramolecular Hbond substituents is 1. The summed E-state index contributed by atoms with van der Waals surface area (Å²) in [4.78, 5) is 0. The van der Waals surface area contributed by atoms with Crippen LogP contribution < -0.4 is 11.1 Å². The van der Waals surface area contributed by atoms with Crippen LogP contribution in [0.15, 0.2) is 24.3 Å². The average Bonchev–Trinajstić information content (AvgIpc) is 1.97. The maximum absolute atomic E-state index is 8.79. The van der Waals surface area contributed by atoms with Crippen molar-refractivity contribution >= 4 is 5.69 Å². The zero-order chi connectivity index (χ0) is 8.69. The smallest absolute Gasteiger partial charge is 0.138 e. The van der Waals surface area contributed by atoms with E-state index in [0.717, 1.165) is 0 Å². The molecule has 0 aliphatic rings. The molecule has 0 bridgehead atoms. The third-order valence-electron chi connectivity index (χ3n) is 0.937. The molecule has 0 radical (unpaired) electrons. The fourth-order valence-corrected chi connectivity index (χ4v) is 0.488. The van der Waals surface area contributed by atoms with Crippen molar-refractivity contribution in [1.29, 1.82) is 0 Å². The molecule has 0 atom stereocenters. The van der Waals surface area contributed by atoms with Crippen molar-refractivity contribution in [2.75, 3.05) is 19.8 Å². The molecule has 0 spiro atoms. The number of para-hydroxylation sites is 2. The Morgan fingerprint density at radius 3 is 2.00 bits per heavy atom. The summed E-state index contributed by atoms with van der Waals surface area (Å²) in [6, 6.07) is 6.70. The first kappa shape index (κ1) is 9.78. The SMILES string of the molecule is CNC.Nc1ccccc1O. The van der Waals surface area contributed by atoms with E-state index in [1.807, 2.05) is 14.1 Å². The molecular formula is C8H14N2O. The predicted octanol–water partition coefficient (Wildman–Crippen LogP) is 0.810. The summed E-state index contributed by atoms with van der Waals surface area (Å²) < 4.78 is 0. The van der Waals surface area contributed by atoms with Crippen molar-refractivity contribution in [2.24, 2.45) is 0 Å². The van der Waals surface area contributed by atoms with Gasteiger partial charge in [-0.3, -0.25) is 0 Å². The Bertz CT molecular complexity index is 180. The van der Waals surface area contributed by atoms with Gasteiger partial charge in [0.15, 0.2) is 0 Å². The van der Waals surface area contributed by atoms with Gasteiger partial charge in [0.1, 0.15) is 5.75 Å². The molecular weight excluding hydrogens is 140 g/mol. The van der Waals surface area contributed by atoms with Crippen molar-refractivity contribution in [1.82, 2.24) is 5.32 Å². The van der Waals surface area contributed by atoms with E-state index in [1.165, 1.54) is 0 Å². The largest absolute Gasteiger partial charge is 0.506 e. The van der Waals surface area contributed by atoms with Gasteiger partial charge in [-0.2, -0.15) is 0 Å². The molecule has 3 heteroatoms. The van der Waals surface area contributed by atoms with Gasteiger partial charge >= 0.3 is 0 Å². The third-order valence-corrected chi connectivity index (χ3v) is 0.937. The fraction of sp³-hybridized carbons (Fsp3) is 0.250. The first-order valence-electron chi connectivity index (χ1n) is 3.34. The molecule has 1 rings (SSSR count). The number of benzene rings is 1. The minimum absolute atomic E-state index is 0.146. The normalized spacial score (nSPS) is 8.18. The second kappa shape index (κ2) is 5.56. The molecule has 1 aromatic rings. The van der Waals surface area contributed by atoms with E-state index in [4.69, 9.17) is 10.8 Å². The molecule has 0 saturated carbocycles. The quantitative estimate of drug-likeness (QED) is 0.383. The maximum atomic E-state index is 8.79. The Hall–Kier alpha value is -1.22. The predicted molar refractivity (Wildman–Crippen MR) is 47.5 cm³/mol. The molecule has 3 nitrogen and oxygen atoms in total. The number of rotatable bonds is 0. The van der Waals surface area contributed by atoms with Crippen molar-refractivity contribution in [3.8, 4) is 5.75 Å². The van der Waals surface area contributed by atoms with Crippen LogP contribution >= 0.6 is 0 Å². The van der Waals surface area contributed by atoms with Crippen LogP contribution in [0.2, 0.25) is 0 Å². The van der Waals surface area contributed by atoms with Crippen LogP contribution in [-0.4, -0.2) is 19.2 Å². The lowest BCUT2D eigenvalue weighted by atomic mass is 10.3. The summed E-state index contributed by atoms with van der Waals surface area (Å²) >= 11 is 0. The monoisotopic (exact) mass is 154 g/mol. The highest BCUT2D eigenvalue weighted by atomic mass is 16.3. The fourth-order valence-electron chi connectivity index (χ4n) is 0.488. The van der Waals surface area contributed by atoms with Gasteiger partial charge in [0.05, 0.1) is 5.69 Å². The van der Waals surface area contributed by atoms with E-state index >= 15 is 0 Å². The van der Waals surface area contributed by atoms with Gasteiger partial charge in [-0.1, -0.05) is 12.1 Å². The lowest BCUT2D eigenvalue weighted by Crippen LogP contribution is -1.89. The number of hydrogen-bond acceptors (Lipinski definition) is 3. The molecule has 0 heterocycles. The second-order valence-electron chi connectivity index (χ2n) is 2.06. The molecule has 11 heavy (non-hydrogen) atoms.